The van der Waals surface area contributed by atoms with Crippen molar-refractivity contribution in [1.82, 2.24) is 10.2 Å². The first-order valence-electron chi connectivity index (χ1n) is 7.83. The number of likely N-dealkylation sites (tertiary alicyclic amines) is 1. The first kappa shape index (κ1) is 13.8. The van der Waals surface area contributed by atoms with Crippen LogP contribution in [0, 0.1) is 5.41 Å². The summed E-state index contributed by atoms with van der Waals surface area (Å²) in [5.41, 5.74) is -0.223. The Hall–Kier alpha value is -0.160. The van der Waals surface area contributed by atoms with Gasteiger partial charge in [0.1, 0.15) is 0 Å². The van der Waals surface area contributed by atoms with E-state index in [0.717, 1.165) is 64.7 Å². The smallest absolute Gasteiger partial charge is 0.0746 e. The highest BCUT2D eigenvalue weighted by Crippen LogP contribution is 2.32. The van der Waals surface area contributed by atoms with Gasteiger partial charge in [0.25, 0.3) is 0 Å². The fraction of sp³-hybridized carbons (Fsp3) is 1.00. The van der Waals surface area contributed by atoms with Crippen LogP contribution in [0.2, 0.25) is 0 Å². The summed E-state index contributed by atoms with van der Waals surface area (Å²) in [6, 6.07) is 0.766. The molecule has 0 aromatic carbocycles. The van der Waals surface area contributed by atoms with Crippen molar-refractivity contribution in [3.8, 4) is 0 Å². The Labute approximate surface area is 116 Å². The van der Waals surface area contributed by atoms with Crippen LogP contribution in [0.25, 0.3) is 0 Å². The molecule has 2 aliphatic heterocycles. The zero-order valence-corrected chi connectivity index (χ0v) is 12.2. The maximum absolute atomic E-state index is 10.2. The maximum Gasteiger partial charge on any atom is 0.0746 e. The van der Waals surface area contributed by atoms with E-state index in [1.807, 2.05) is 6.92 Å². The molecule has 0 amide bonds. The average Bonchev–Trinajstić information content (AvgIpc) is 3.06. The van der Waals surface area contributed by atoms with E-state index in [-0.39, 0.29) is 5.41 Å². The Bertz CT molecular complexity index is 309. The molecule has 110 valence electrons. The van der Waals surface area contributed by atoms with Gasteiger partial charge >= 0.3 is 0 Å². The molecule has 1 aliphatic carbocycles. The number of β-amino-alcohol motifs (C(OH)–C–C–N with tert-alkyl or cyclic N) is 1. The number of piperidine rings is 1. The Morgan fingerprint density at radius 1 is 1.37 bits per heavy atom. The molecule has 2 atom stereocenters. The van der Waals surface area contributed by atoms with Gasteiger partial charge in [0, 0.05) is 37.7 Å². The van der Waals surface area contributed by atoms with Crippen molar-refractivity contribution in [3.05, 3.63) is 0 Å². The second-order valence-electron chi connectivity index (χ2n) is 7.27. The number of aliphatic hydroxyl groups is 1. The molecule has 0 aromatic heterocycles. The van der Waals surface area contributed by atoms with Gasteiger partial charge < -0.3 is 15.2 Å². The van der Waals surface area contributed by atoms with Gasteiger partial charge in [-0.3, -0.25) is 4.90 Å². The molecule has 0 spiro atoms. The van der Waals surface area contributed by atoms with Gasteiger partial charge in [0.15, 0.2) is 0 Å². The summed E-state index contributed by atoms with van der Waals surface area (Å²) in [7, 11) is 0. The van der Waals surface area contributed by atoms with Crippen LogP contribution in [-0.2, 0) is 4.74 Å². The fourth-order valence-electron chi connectivity index (χ4n) is 3.55. The van der Waals surface area contributed by atoms with Gasteiger partial charge in [-0.15, -0.1) is 0 Å². The zero-order valence-electron chi connectivity index (χ0n) is 12.2. The Kier molecular flexibility index (Phi) is 3.87. The van der Waals surface area contributed by atoms with Gasteiger partial charge in [0.05, 0.1) is 12.2 Å². The molecule has 1 saturated carbocycles. The molecular weight excluding hydrogens is 240 g/mol. The molecule has 19 heavy (non-hydrogen) atoms. The third-order valence-electron chi connectivity index (χ3n) is 4.84. The van der Waals surface area contributed by atoms with Crippen molar-refractivity contribution in [2.24, 2.45) is 5.41 Å². The summed E-state index contributed by atoms with van der Waals surface area (Å²) < 4.78 is 5.68. The van der Waals surface area contributed by atoms with E-state index < -0.39 is 5.60 Å². The number of ether oxygens (including phenoxy) is 1. The number of nitrogens with zero attached hydrogens (tertiary/aromatic N) is 1. The molecule has 2 heterocycles. The number of rotatable bonds is 5. The third kappa shape index (κ3) is 3.69. The van der Waals surface area contributed by atoms with Crippen LogP contribution < -0.4 is 5.32 Å². The summed E-state index contributed by atoms with van der Waals surface area (Å²) in [5.74, 6) is 0. The van der Waals surface area contributed by atoms with E-state index in [4.69, 9.17) is 4.74 Å². The van der Waals surface area contributed by atoms with Crippen molar-refractivity contribution < 1.29 is 9.84 Å². The number of nitrogens with one attached hydrogen (secondary N) is 1. The molecule has 3 rings (SSSR count). The number of hydrogen-bond donors (Lipinski definition) is 2. The largest absolute Gasteiger partial charge is 0.389 e. The lowest BCUT2D eigenvalue weighted by Gasteiger charge is -2.41. The highest BCUT2D eigenvalue weighted by Gasteiger charge is 2.40. The lowest BCUT2D eigenvalue weighted by Crippen LogP contribution is -2.52. The standard InChI is InChI=1S/C15H28N2O2/c1-14(18)5-2-7-17(10-14)11-15(6-8-19-12-15)9-16-13-3-4-13/h13,16,18H,2-12H2,1H3. The SMILES string of the molecule is CC1(O)CCCN(CC2(CNC3CC3)CCOC2)C1. The monoisotopic (exact) mass is 268 g/mol. The minimum atomic E-state index is -0.497. The highest BCUT2D eigenvalue weighted by molar-refractivity contribution is 4.94. The van der Waals surface area contributed by atoms with Gasteiger partial charge in [0.2, 0.25) is 0 Å². The fourth-order valence-corrected chi connectivity index (χ4v) is 3.55. The van der Waals surface area contributed by atoms with E-state index in [1.165, 1.54) is 12.8 Å². The second-order valence-corrected chi connectivity index (χ2v) is 7.27. The molecule has 4 nitrogen and oxygen atoms in total. The molecule has 2 saturated heterocycles. The van der Waals surface area contributed by atoms with Crippen LogP contribution in [0.15, 0.2) is 0 Å². The van der Waals surface area contributed by atoms with Crippen molar-refractivity contribution in [2.45, 2.75) is 50.7 Å². The van der Waals surface area contributed by atoms with E-state index in [2.05, 4.69) is 10.2 Å². The summed E-state index contributed by atoms with van der Waals surface area (Å²) in [4.78, 5) is 2.45. The lowest BCUT2D eigenvalue weighted by atomic mass is 9.84. The molecule has 0 radical (unpaired) electrons. The van der Waals surface area contributed by atoms with Gasteiger partial charge in [-0.05, 0) is 45.6 Å². The quantitative estimate of drug-likeness (QED) is 0.780. The lowest BCUT2D eigenvalue weighted by molar-refractivity contribution is -0.0295. The Morgan fingerprint density at radius 3 is 2.84 bits per heavy atom. The summed E-state index contributed by atoms with van der Waals surface area (Å²) in [6.07, 6.45) is 5.89. The Balaban J connectivity index is 1.57. The molecule has 2 N–H and O–H groups in total. The van der Waals surface area contributed by atoms with Crippen LogP contribution in [-0.4, -0.2) is 61.0 Å². The number of hydrogen-bond acceptors (Lipinski definition) is 4. The molecule has 0 bridgehead atoms. The van der Waals surface area contributed by atoms with Crippen LogP contribution >= 0.6 is 0 Å². The van der Waals surface area contributed by atoms with E-state index in [9.17, 15) is 5.11 Å². The van der Waals surface area contributed by atoms with Crippen molar-refractivity contribution in [1.29, 1.82) is 0 Å². The summed E-state index contributed by atoms with van der Waals surface area (Å²) >= 11 is 0. The first-order valence-corrected chi connectivity index (χ1v) is 7.83. The minimum absolute atomic E-state index is 0.274. The predicted molar refractivity (Wildman–Crippen MR) is 75.2 cm³/mol. The topological polar surface area (TPSA) is 44.7 Å². The van der Waals surface area contributed by atoms with Crippen LogP contribution in [0.4, 0.5) is 0 Å². The van der Waals surface area contributed by atoms with E-state index >= 15 is 0 Å². The molecule has 3 fully saturated rings. The summed E-state index contributed by atoms with van der Waals surface area (Å²) in [6.45, 7) is 7.85. The van der Waals surface area contributed by atoms with Gasteiger partial charge in [-0.1, -0.05) is 0 Å². The van der Waals surface area contributed by atoms with E-state index in [0.29, 0.717) is 0 Å². The molecule has 0 aromatic rings. The van der Waals surface area contributed by atoms with Crippen molar-refractivity contribution in [3.63, 3.8) is 0 Å². The minimum Gasteiger partial charge on any atom is -0.389 e. The Morgan fingerprint density at radius 2 is 2.21 bits per heavy atom. The second kappa shape index (κ2) is 5.32. The van der Waals surface area contributed by atoms with Crippen LogP contribution in [0.5, 0.6) is 0 Å². The van der Waals surface area contributed by atoms with Gasteiger partial charge in [-0.25, -0.2) is 0 Å². The third-order valence-corrected chi connectivity index (χ3v) is 4.84. The zero-order chi connectivity index (χ0) is 13.3. The molecular formula is C15H28N2O2. The maximum atomic E-state index is 10.2. The van der Waals surface area contributed by atoms with Gasteiger partial charge in [-0.2, -0.15) is 0 Å². The molecule has 4 heteroatoms. The average molecular weight is 268 g/mol. The highest BCUT2D eigenvalue weighted by atomic mass is 16.5. The molecule has 3 aliphatic rings. The predicted octanol–water partition coefficient (Wildman–Crippen LogP) is 0.992. The summed E-state index contributed by atoms with van der Waals surface area (Å²) in [5, 5.41) is 13.9. The van der Waals surface area contributed by atoms with Crippen molar-refractivity contribution in [2.75, 3.05) is 39.4 Å². The van der Waals surface area contributed by atoms with Crippen LogP contribution in [0.3, 0.4) is 0 Å². The normalized spacial score (nSPS) is 40.7. The van der Waals surface area contributed by atoms with E-state index in [1.54, 1.807) is 0 Å². The molecule has 2 unspecified atom stereocenters. The van der Waals surface area contributed by atoms with Crippen LogP contribution in [0.1, 0.15) is 39.0 Å². The first-order chi connectivity index (χ1) is 9.07. The van der Waals surface area contributed by atoms with Crippen molar-refractivity contribution >= 4 is 0 Å².